The van der Waals surface area contributed by atoms with Crippen molar-refractivity contribution in [2.45, 2.75) is 76.4 Å². The lowest BCUT2D eigenvalue weighted by molar-refractivity contribution is -0.124. The van der Waals surface area contributed by atoms with Crippen molar-refractivity contribution in [2.24, 2.45) is 0 Å². The third-order valence-electron chi connectivity index (χ3n) is 4.41. The molecule has 0 spiro atoms. The van der Waals surface area contributed by atoms with Gasteiger partial charge in [0.2, 0.25) is 5.12 Å². The second-order valence-corrected chi connectivity index (χ2v) is 8.27. The molecule has 142 valence electrons. The standard InChI is InChI=1S/C20H33NO3S/c1-4-6-7-8-9-10-11-12-13-20(3)17(15-19(23)25-20)24-16-18(22)21-14-5-2/h5,15H,2,4,6-14,16H2,1,3H3,(H,21,22). The van der Waals surface area contributed by atoms with Gasteiger partial charge in [-0.05, 0) is 13.3 Å². The van der Waals surface area contributed by atoms with Crippen LogP contribution in [0.15, 0.2) is 24.5 Å². The number of rotatable bonds is 14. The lowest BCUT2D eigenvalue weighted by Crippen LogP contribution is -2.30. The van der Waals surface area contributed by atoms with Gasteiger partial charge in [0, 0.05) is 12.6 Å². The van der Waals surface area contributed by atoms with E-state index in [2.05, 4.69) is 18.8 Å². The van der Waals surface area contributed by atoms with Crippen LogP contribution in [0, 0.1) is 0 Å². The van der Waals surface area contributed by atoms with Crippen molar-refractivity contribution >= 4 is 22.8 Å². The molecule has 1 aliphatic rings. The first-order valence-electron chi connectivity index (χ1n) is 9.47. The van der Waals surface area contributed by atoms with Crippen LogP contribution in [-0.4, -0.2) is 28.9 Å². The monoisotopic (exact) mass is 367 g/mol. The largest absolute Gasteiger partial charge is 0.486 e. The van der Waals surface area contributed by atoms with Gasteiger partial charge in [0.1, 0.15) is 5.76 Å². The Bertz CT molecular complexity index is 476. The lowest BCUT2D eigenvalue weighted by Gasteiger charge is -2.25. The van der Waals surface area contributed by atoms with Crippen LogP contribution in [0.2, 0.25) is 0 Å². The molecule has 1 atom stereocenters. The molecule has 5 heteroatoms. The van der Waals surface area contributed by atoms with Crippen LogP contribution in [0.1, 0.15) is 71.6 Å². The highest BCUT2D eigenvalue weighted by Gasteiger charge is 2.39. The number of nitrogens with one attached hydrogen (secondary N) is 1. The smallest absolute Gasteiger partial charge is 0.258 e. The SMILES string of the molecule is C=CCNC(=O)COC1=CC(=O)SC1(C)CCCCCCCCCC. The number of amides is 1. The quantitative estimate of drug-likeness (QED) is 0.355. The molecule has 25 heavy (non-hydrogen) atoms. The summed E-state index contributed by atoms with van der Waals surface area (Å²) in [6.45, 7) is 8.20. The molecule has 1 aliphatic heterocycles. The molecule has 0 aromatic heterocycles. The van der Waals surface area contributed by atoms with Crippen LogP contribution in [0.5, 0.6) is 0 Å². The fourth-order valence-corrected chi connectivity index (χ4v) is 3.98. The third-order valence-corrected chi connectivity index (χ3v) is 5.58. The van der Waals surface area contributed by atoms with Crippen molar-refractivity contribution in [1.82, 2.24) is 5.32 Å². The Hall–Kier alpha value is -1.23. The normalized spacial score (nSPS) is 19.6. The van der Waals surface area contributed by atoms with Crippen LogP contribution < -0.4 is 5.32 Å². The summed E-state index contributed by atoms with van der Waals surface area (Å²) in [5.41, 5.74) is 0. The van der Waals surface area contributed by atoms with E-state index in [0.29, 0.717) is 12.3 Å². The molecule has 0 aromatic carbocycles. The number of thioether (sulfide) groups is 1. The number of hydrogen-bond acceptors (Lipinski definition) is 4. The van der Waals surface area contributed by atoms with E-state index in [4.69, 9.17) is 4.74 Å². The zero-order valence-corrected chi connectivity index (χ0v) is 16.6. The second-order valence-electron chi connectivity index (χ2n) is 6.77. The van der Waals surface area contributed by atoms with Crippen molar-refractivity contribution in [3.8, 4) is 0 Å². The Kier molecular flexibility index (Phi) is 10.6. The molecule has 4 nitrogen and oxygen atoms in total. The summed E-state index contributed by atoms with van der Waals surface area (Å²) >= 11 is 1.32. The van der Waals surface area contributed by atoms with Crippen LogP contribution in [-0.2, 0) is 14.3 Å². The Balaban J connectivity index is 2.30. The molecule has 1 heterocycles. The summed E-state index contributed by atoms with van der Waals surface area (Å²) < 4.78 is 5.31. The van der Waals surface area contributed by atoms with E-state index in [-0.39, 0.29) is 22.4 Å². The molecule has 0 saturated heterocycles. The van der Waals surface area contributed by atoms with Gasteiger partial charge < -0.3 is 10.1 Å². The average molecular weight is 368 g/mol. The highest BCUT2D eigenvalue weighted by molar-refractivity contribution is 8.15. The van der Waals surface area contributed by atoms with Gasteiger partial charge in [-0.25, -0.2) is 0 Å². The molecule has 1 rings (SSSR count). The summed E-state index contributed by atoms with van der Waals surface area (Å²) in [7, 11) is 0. The Morgan fingerprint density at radius 2 is 1.88 bits per heavy atom. The predicted molar refractivity (Wildman–Crippen MR) is 105 cm³/mol. The number of hydrogen-bond donors (Lipinski definition) is 1. The fraction of sp³-hybridized carbons (Fsp3) is 0.700. The van der Waals surface area contributed by atoms with E-state index >= 15 is 0 Å². The fourth-order valence-electron chi connectivity index (χ4n) is 2.91. The Morgan fingerprint density at radius 1 is 1.24 bits per heavy atom. The minimum absolute atomic E-state index is 0.0172. The summed E-state index contributed by atoms with van der Waals surface area (Å²) in [6.07, 6.45) is 14.2. The zero-order chi connectivity index (χ0) is 18.5. The maximum atomic E-state index is 11.8. The van der Waals surface area contributed by atoms with Crippen LogP contribution in [0.3, 0.4) is 0 Å². The van der Waals surface area contributed by atoms with Gasteiger partial charge in [-0.15, -0.1) is 6.58 Å². The molecule has 0 fully saturated rings. The molecule has 0 radical (unpaired) electrons. The predicted octanol–water partition coefficient (Wildman–Crippen LogP) is 4.75. The number of carbonyl (C=O) groups excluding carboxylic acids is 2. The summed E-state index contributed by atoms with van der Waals surface area (Å²) in [6, 6.07) is 0. The molecule has 0 bridgehead atoms. The first-order chi connectivity index (χ1) is 12.0. The first kappa shape index (κ1) is 21.8. The van der Waals surface area contributed by atoms with E-state index in [0.717, 1.165) is 12.8 Å². The van der Waals surface area contributed by atoms with E-state index in [9.17, 15) is 9.59 Å². The molecule has 1 unspecified atom stereocenters. The summed E-state index contributed by atoms with van der Waals surface area (Å²) in [4.78, 5) is 23.5. The van der Waals surface area contributed by atoms with Gasteiger partial charge in [0.25, 0.3) is 5.91 Å². The van der Waals surface area contributed by atoms with Crippen LogP contribution in [0.4, 0.5) is 0 Å². The topological polar surface area (TPSA) is 55.4 Å². The van der Waals surface area contributed by atoms with Crippen LogP contribution >= 0.6 is 11.8 Å². The van der Waals surface area contributed by atoms with Gasteiger partial charge in [-0.2, -0.15) is 0 Å². The maximum Gasteiger partial charge on any atom is 0.258 e. The molecule has 1 N–H and O–H groups in total. The van der Waals surface area contributed by atoms with Crippen molar-refractivity contribution in [3.05, 3.63) is 24.5 Å². The molecule has 1 amide bonds. The number of carbonyl (C=O) groups is 2. The lowest BCUT2D eigenvalue weighted by atomic mass is 9.98. The Morgan fingerprint density at radius 3 is 2.52 bits per heavy atom. The van der Waals surface area contributed by atoms with Crippen molar-refractivity contribution in [3.63, 3.8) is 0 Å². The highest BCUT2D eigenvalue weighted by Crippen LogP contribution is 2.43. The van der Waals surface area contributed by atoms with Crippen LogP contribution in [0.25, 0.3) is 0 Å². The molecule has 0 saturated carbocycles. The van der Waals surface area contributed by atoms with Crippen molar-refractivity contribution < 1.29 is 14.3 Å². The van der Waals surface area contributed by atoms with Gasteiger partial charge in [0.15, 0.2) is 6.61 Å². The second kappa shape index (κ2) is 12.2. The van der Waals surface area contributed by atoms with Gasteiger partial charge in [-0.1, -0.05) is 76.1 Å². The minimum atomic E-state index is -0.335. The minimum Gasteiger partial charge on any atom is -0.486 e. The average Bonchev–Trinajstić information content (AvgIpc) is 2.87. The van der Waals surface area contributed by atoms with E-state index in [1.807, 2.05) is 6.92 Å². The third kappa shape index (κ3) is 8.61. The van der Waals surface area contributed by atoms with Crippen molar-refractivity contribution in [2.75, 3.05) is 13.2 Å². The highest BCUT2D eigenvalue weighted by atomic mass is 32.2. The first-order valence-corrected chi connectivity index (χ1v) is 10.3. The maximum absolute atomic E-state index is 11.8. The molecular weight excluding hydrogens is 334 g/mol. The number of ether oxygens (including phenoxy) is 1. The summed E-state index contributed by atoms with van der Waals surface area (Å²) in [5.74, 6) is 0.443. The summed E-state index contributed by atoms with van der Waals surface area (Å²) in [5, 5.41) is 2.69. The van der Waals surface area contributed by atoms with Gasteiger partial charge in [-0.3, -0.25) is 9.59 Å². The number of unbranched alkanes of at least 4 members (excludes halogenated alkanes) is 7. The zero-order valence-electron chi connectivity index (χ0n) is 15.8. The van der Waals surface area contributed by atoms with E-state index in [1.54, 1.807) is 6.08 Å². The van der Waals surface area contributed by atoms with Gasteiger partial charge in [0.05, 0.1) is 4.75 Å². The Labute approximate surface area is 156 Å². The van der Waals surface area contributed by atoms with Gasteiger partial charge >= 0.3 is 0 Å². The van der Waals surface area contributed by atoms with E-state index < -0.39 is 0 Å². The molecular formula is C20H33NO3S. The molecule has 0 aromatic rings. The van der Waals surface area contributed by atoms with Crippen molar-refractivity contribution in [1.29, 1.82) is 0 Å². The molecule has 0 aliphatic carbocycles. The van der Waals surface area contributed by atoms with E-state index in [1.165, 1.54) is 62.8 Å².